The zero-order valence-corrected chi connectivity index (χ0v) is 8.77. The lowest BCUT2D eigenvalue weighted by Crippen LogP contribution is -1.99. The van der Waals surface area contributed by atoms with Crippen molar-refractivity contribution >= 4 is 23.4 Å². The maximum Gasteiger partial charge on any atom is 0.210 e. The Hall–Kier alpha value is -1.76. The van der Waals surface area contributed by atoms with E-state index in [0.29, 0.717) is 16.8 Å². The number of nitrogens with zero attached hydrogens (tertiary/aromatic N) is 5. The third kappa shape index (κ3) is 2.59. The van der Waals surface area contributed by atoms with E-state index < -0.39 is 0 Å². The van der Waals surface area contributed by atoms with E-state index in [2.05, 4.69) is 30.5 Å². The van der Waals surface area contributed by atoms with Crippen molar-refractivity contribution in [2.45, 2.75) is 5.16 Å². The van der Waals surface area contributed by atoms with E-state index in [9.17, 15) is 0 Å². The zero-order chi connectivity index (χ0) is 10.5. The molecule has 0 bridgehead atoms. The Morgan fingerprint density at radius 2 is 2.13 bits per heavy atom. The van der Waals surface area contributed by atoms with E-state index in [0.717, 1.165) is 0 Å². The number of hydrogen-bond donors (Lipinski definition) is 1. The molecule has 0 aliphatic heterocycles. The molecule has 2 heterocycles. The minimum Gasteiger partial charge on any atom is -0.322 e. The van der Waals surface area contributed by atoms with Gasteiger partial charge in [-0.1, -0.05) is 11.8 Å². The first-order chi connectivity index (χ1) is 7.38. The molecule has 2 rings (SSSR count). The van der Waals surface area contributed by atoms with Crippen LogP contribution in [-0.2, 0) is 0 Å². The van der Waals surface area contributed by atoms with Crippen LogP contribution in [0.25, 0.3) is 0 Å². The standard InChI is InChI=1S/C8H8N6S/c1-15-8-13-7(5-11-14-8)12-6-4-9-2-3-10-6/h2-5H,1H3,(H,10,12,13,14). The molecule has 76 valence electrons. The Labute approximate surface area is 90.6 Å². The summed E-state index contributed by atoms with van der Waals surface area (Å²) < 4.78 is 0. The third-order valence-corrected chi connectivity index (χ3v) is 2.08. The van der Waals surface area contributed by atoms with Gasteiger partial charge in [-0.3, -0.25) is 4.98 Å². The lowest BCUT2D eigenvalue weighted by atomic mass is 10.6. The van der Waals surface area contributed by atoms with Crippen LogP contribution in [0.4, 0.5) is 11.6 Å². The fraction of sp³-hybridized carbons (Fsp3) is 0.125. The molecule has 0 amide bonds. The normalized spacial score (nSPS) is 9.93. The van der Waals surface area contributed by atoms with E-state index in [-0.39, 0.29) is 0 Å². The number of rotatable bonds is 3. The average Bonchev–Trinajstić information content (AvgIpc) is 2.31. The lowest BCUT2D eigenvalue weighted by molar-refractivity contribution is 0.845. The molecule has 0 aliphatic carbocycles. The van der Waals surface area contributed by atoms with Gasteiger partial charge < -0.3 is 5.32 Å². The third-order valence-electron chi connectivity index (χ3n) is 1.54. The summed E-state index contributed by atoms with van der Waals surface area (Å²) in [4.78, 5) is 12.2. The van der Waals surface area contributed by atoms with Gasteiger partial charge in [0.15, 0.2) is 5.82 Å². The van der Waals surface area contributed by atoms with Crippen LogP contribution in [0.15, 0.2) is 29.9 Å². The molecule has 0 aliphatic rings. The summed E-state index contributed by atoms with van der Waals surface area (Å²) >= 11 is 1.43. The van der Waals surface area contributed by atoms with Crippen LogP contribution in [0.1, 0.15) is 0 Å². The number of anilines is 2. The van der Waals surface area contributed by atoms with Gasteiger partial charge >= 0.3 is 0 Å². The van der Waals surface area contributed by atoms with Gasteiger partial charge in [0.05, 0.1) is 12.4 Å². The van der Waals surface area contributed by atoms with Gasteiger partial charge in [-0.2, -0.15) is 5.10 Å². The van der Waals surface area contributed by atoms with Crippen molar-refractivity contribution in [1.29, 1.82) is 0 Å². The van der Waals surface area contributed by atoms with Crippen LogP contribution in [0.3, 0.4) is 0 Å². The van der Waals surface area contributed by atoms with Crippen molar-refractivity contribution in [3.63, 3.8) is 0 Å². The Morgan fingerprint density at radius 1 is 1.20 bits per heavy atom. The van der Waals surface area contributed by atoms with Gasteiger partial charge in [0.1, 0.15) is 5.82 Å². The van der Waals surface area contributed by atoms with E-state index >= 15 is 0 Å². The zero-order valence-electron chi connectivity index (χ0n) is 7.95. The minimum atomic E-state index is 0.606. The topological polar surface area (TPSA) is 76.5 Å². The number of thioether (sulfide) groups is 1. The average molecular weight is 220 g/mol. The van der Waals surface area contributed by atoms with Gasteiger partial charge in [0.25, 0.3) is 0 Å². The Bertz CT molecular complexity index is 434. The van der Waals surface area contributed by atoms with Gasteiger partial charge in [0.2, 0.25) is 5.16 Å². The van der Waals surface area contributed by atoms with E-state index in [1.54, 1.807) is 18.6 Å². The highest BCUT2D eigenvalue weighted by molar-refractivity contribution is 7.98. The largest absolute Gasteiger partial charge is 0.322 e. The molecule has 0 saturated heterocycles. The number of aromatic nitrogens is 5. The molecule has 0 atom stereocenters. The summed E-state index contributed by atoms with van der Waals surface area (Å²) in [6.45, 7) is 0. The molecule has 0 aromatic carbocycles. The van der Waals surface area contributed by atoms with E-state index in [1.807, 2.05) is 6.26 Å². The van der Waals surface area contributed by atoms with Crippen LogP contribution >= 0.6 is 11.8 Å². The van der Waals surface area contributed by atoms with Gasteiger partial charge in [-0.05, 0) is 6.26 Å². The Balaban J connectivity index is 2.17. The molecule has 2 aromatic rings. The molecule has 1 N–H and O–H groups in total. The van der Waals surface area contributed by atoms with E-state index in [4.69, 9.17) is 0 Å². The second-order valence-corrected chi connectivity index (χ2v) is 3.32. The Morgan fingerprint density at radius 3 is 2.87 bits per heavy atom. The summed E-state index contributed by atoms with van der Waals surface area (Å²) in [6, 6.07) is 0. The van der Waals surface area contributed by atoms with Crippen LogP contribution in [0, 0.1) is 0 Å². The highest BCUT2D eigenvalue weighted by Crippen LogP contribution is 2.12. The SMILES string of the molecule is CSc1nncc(Nc2cnccn2)n1. The summed E-state index contributed by atoms with van der Waals surface area (Å²) in [5, 5.41) is 11.2. The fourth-order valence-corrected chi connectivity index (χ4v) is 1.25. The molecule has 0 saturated carbocycles. The highest BCUT2D eigenvalue weighted by Gasteiger charge is 1.99. The number of hydrogen-bond acceptors (Lipinski definition) is 7. The van der Waals surface area contributed by atoms with Crippen molar-refractivity contribution in [2.24, 2.45) is 0 Å². The van der Waals surface area contributed by atoms with Crippen molar-refractivity contribution in [1.82, 2.24) is 25.1 Å². The quantitative estimate of drug-likeness (QED) is 0.777. The summed E-state index contributed by atoms with van der Waals surface area (Å²) in [6.07, 6.45) is 8.25. The maximum absolute atomic E-state index is 4.20. The highest BCUT2D eigenvalue weighted by atomic mass is 32.2. The van der Waals surface area contributed by atoms with Crippen molar-refractivity contribution in [3.05, 3.63) is 24.8 Å². The van der Waals surface area contributed by atoms with Gasteiger partial charge in [0, 0.05) is 12.4 Å². The molecule has 7 heteroatoms. The predicted octanol–water partition coefficient (Wildman–Crippen LogP) is 1.13. The predicted molar refractivity (Wildman–Crippen MR) is 56.9 cm³/mol. The summed E-state index contributed by atoms with van der Waals surface area (Å²) in [5.74, 6) is 1.24. The second kappa shape index (κ2) is 4.65. The van der Waals surface area contributed by atoms with Crippen LogP contribution in [0.2, 0.25) is 0 Å². The molecule has 0 unspecified atom stereocenters. The first-order valence-corrected chi connectivity index (χ1v) is 5.38. The minimum absolute atomic E-state index is 0.606. The molecular formula is C8H8N6S. The fourth-order valence-electron chi connectivity index (χ4n) is 0.929. The van der Waals surface area contributed by atoms with Crippen molar-refractivity contribution in [2.75, 3.05) is 11.6 Å². The van der Waals surface area contributed by atoms with Crippen molar-refractivity contribution < 1.29 is 0 Å². The molecule has 0 radical (unpaired) electrons. The smallest absolute Gasteiger partial charge is 0.210 e. The molecule has 6 nitrogen and oxygen atoms in total. The number of nitrogens with one attached hydrogen (secondary N) is 1. The lowest BCUT2D eigenvalue weighted by Gasteiger charge is -2.02. The first kappa shape index (κ1) is 9.78. The molecule has 0 spiro atoms. The van der Waals surface area contributed by atoms with Crippen LogP contribution in [-0.4, -0.2) is 31.4 Å². The van der Waals surface area contributed by atoms with Gasteiger partial charge in [-0.15, -0.1) is 5.10 Å². The van der Waals surface area contributed by atoms with Gasteiger partial charge in [-0.25, -0.2) is 9.97 Å². The second-order valence-electron chi connectivity index (χ2n) is 2.54. The summed E-state index contributed by atoms with van der Waals surface area (Å²) in [5.41, 5.74) is 0. The molecule has 2 aromatic heterocycles. The first-order valence-electron chi connectivity index (χ1n) is 4.15. The monoisotopic (exact) mass is 220 g/mol. The van der Waals surface area contributed by atoms with Crippen LogP contribution in [0.5, 0.6) is 0 Å². The van der Waals surface area contributed by atoms with E-state index in [1.165, 1.54) is 18.0 Å². The molecular weight excluding hydrogens is 212 g/mol. The Kier molecular flexibility index (Phi) is 3.03. The molecule has 0 fully saturated rings. The summed E-state index contributed by atoms with van der Waals surface area (Å²) in [7, 11) is 0. The van der Waals surface area contributed by atoms with Crippen LogP contribution < -0.4 is 5.32 Å². The van der Waals surface area contributed by atoms with Crippen molar-refractivity contribution in [3.8, 4) is 0 Å². The molecule has 15 heavy (non-hydrogen) atoms. The maximum atomic E-state index is 4.20.